The van der Waals surface area contributed by atoms with Crippen LogP contribution < -0.4 is 34.9 Å². The molecule has 4 aliphatic rings. The van der Waals surface area contributed by atoms with Crippen molar-refractivity contribution in [2.45, 2.75) is 151 Å². The minimum Gasteiger partial charge on any atom is -0.479 e. The van der Waals surface area contributed by atoms with Crippen molar-refractivity contribution in [1.82, 2.24) is 0 Å². The first-order valence-corrected chi connectivity index (χ1v) is 19.5. The predicted molar refractivity (Wildman–Crippen MR) is 196 cm³/mol. The number of ether oxygens (including phenoxy) is 5. The Kier molecular flexibility index (Phi) is 16.5. The summed E-state index contributed by atoms with van der Waals surface area (Å²) in [7, 11) is 0. The number of rotatable bonds is 14. The van der Waals surface area contributed by atoms with E-state index in [1.54, 1.807) is 43.3 Å². The van der Waals surface area contributed by atoms with Crippen LogP contribution in [0, 0.1) is 5.92 Å². The van der Waals surface area contributed by atoms with E-state index in [9.17, 15) is 45.3 Å². The van der Waals surface area contributed by atoms with Gasteiger partial charge in [0.2, 0.25) is 0 Å². The van der Waals surface area contributed by atoms with Gasteiger partial charge in [-0.05, 0) is 67.9 Å². The van der Waals surface area contributed by atoms with Gasteiger partial charge in [0.25, 0.3) is 0 Å². The van der Waals surface area contributed by atoms with Crippen molar-refractivity contribution in [1.29, 1.82) is 0 Å². The Labute approximate surface area is 348 Å². The molecule has 8 N–H and O–H groups in total. The third kappa shape index (κ3) is 10.9. The molecule has 0 spiro atoms. The molecule has 4 fully saturated rings. The molecule has 6 rings (SSSR count). The Bertz CT molecular complexity index is 1560. The van der Waals surface area contributed by atoms with Crippen LogP contribution in [0.1, 0.15) is 81.5 Å². The summed E-state index contributed by atoms with van der Waals surface area (Å²) in [6, 6.07) is 13.5. The summed E-state index contributed by atoms with van der Waals surface area (Å²) in [6.07, 6.45) is -7.44. The standard InChI is InChI=1S/C40H55NO14.Na/c1-21-28(43)19-29(44)39(51-21)55-35-27(41-24-16-14-23(15-17-24)25-10-5-6-11-26(25)37(47)48)12-7-13-30(35)53-40-34(46)36(33(45)32(20-42)54-40)52-31(38(49)50)18-22-8-3-2-4-9-22;/h5-6,10-11,14-17,21-22,27-36,39-46H,2-4,7-9,12-13,18-20H2,1H3,(H,47,48)(H,49,50);/q;+1/t21-,27-,28-,29-,30+,31-,32+,33-,34+,35+,36-,39-,40+;/m0./s1. The monoisotopic (exact) mass is 796 g/mol. The molecule has 2 aliphatic heterocycles. The van der Waals surface area contributed by atoms with Gasteiger partial charge in [-0.25, -0.2) is 9.59 Å². The number of nitrogens with one attached hydrogen (secondary N) is 1. The zero-order valence-electron chi connectivity index (χ0n) is 32.0. The molecule has 13 atom stereocenters. The molecule has 0 radical (unpaired) electrons. The Morgan fingerprint density at radius 3 is 2.21 bits per heavy atom. The van der Waals surface area contributed by atoms with Gasteiger partial charge < -0.3 is 64.7 Å². The number of benzene rings is 2. The van der Waals surface area contributed by atoms with Crippen molar-refractivity contribution >= 4 is 17.6 Å². The summed E-state index contributed by atoms with van der Waals surface area (Å²) in [5.74, 6) is -2.12. The van der Waals surface area contributed by atoms with E-state index in [0.717, 1.165) is 32.1 Å². The maximum atomic E-state index is 12.3. The number of aliphatic carboxylic acids is 1. The van der Waals surface area contributed by atoms with Crippen molar-refractivity contribution in [2.75, 3.05) is 11.9 Å². The van der Waals surface area contributed by atoms with Crippen LogP contribution in [0.3, 0.4) is 0 Å². The van der Waals surface area contributed by atoms with Gasteiger partial charge >= 0.3 is 41.5 Å². The minimum absolute atomic E-state index is 0. The molecule has 2 saturated heterocycles. The number of anilines is 1. The first-order chi connectivity index (χ1) is 26.4. The van der Waals surface area contributed by atoms with Crippen molar-refractivity contribution in [3.8, 4) is 11.1 Å². The van der Waals surface area contributed by atoms with Crippen LogP contribution in [0.5, 0.6) is 0 Å². The molecule has 16 heteroatoms. The second-order valence-corrected chi connectivity index (χ2v) is 15.3. The smallest absolute Gasteiger partial charge is 0.479 e. The second-order valence-electron chi connectivity index (χ2n) is 15.3. The molecule has 15 nitrogen and oxygen atoms in total. The first kappa shape index (κ1) is 44.9. The van der Waals surface area contributed by atoms with E-state index in [-0.39, 0.29) is 53.9 Å². The molecule has 56 heavy (non-hydrogen) atoms. The van der Waals surface area contributed by atoms with E-state index in [1.807, 2.05) is 12.1 Å². The molecule has 2 aromatic carbocycles. The van der Waals surface area contributed by atoms with Crippen LogP contribution in [0.4, 0.5) is 5.69 Å². The summed E-state index contributed by atoms with van der Waals surface area (Å²) >= 11 is 0. The largest absolute Gasteiger partial charge is 1.00 e. The zero-order valence-corrected chi connectivity index (χ0v) is 34.0. The minimum atomic E-state index is -1.65. The van der Waals surface area contributed by atoms with Crippen molar-refractivity contribution in [2.24, 2.45) is 5.92 Å². The molecule has 2 saturated carbocycles. The Morgan fingerprint density at radius 2 is 1.54 bits per heavy atom. The van der Waals surface area contributed by atoms with Gasteiger partial charge in [0, 0.05) is 12.1 Å². The van der Waals surface area contributed by atoms with Crippen LogP contribution >= 0.6 is 0 Å². The Hall–Kier alpha value is -2.22. The van der Waals surface area contributed by atoms with Crippen molar-refractivity contribution in [3.63, 3.8) is 0 Å². The van der Waals surface area contributed by atoms with E-state index in [0.29, 0.717) is 36.1 Å². The Balaban J connectivity index is 0.00000600. The normalized spacial score (nSPS) is 34.5. The first-order valence-electron chi connectivity index (χ1n) is 19.5. The SMILES string of the molecule is C[C@@H]1O[C@@H](O[C@@H]2[C@@H](Nc3ccc(-c4ccccc4C(=O)O)cc3)CCC[C@H]2O[C@@H]2O[C@H](CO)[C@H](O)[C@H](O[C@@H](CC3CCCCC3)C(=O)O)[C@H]2O)[C@@H](O)C[C@@H]1O.[Na+]. The maximum absolute atomic E-state index is 12.3. The predicted octanol–water partition coefficient (Wildman–Crippen LogP) is -0.105. The van der Waals surface area contributed by atoms with Crippen LogP contribution in [0.2, 0.25) is 0 Å². The zero-order chi connectivity index (χ0) is 39.2. The maximum Gasteiger partial charge on any atom is 1.00 e. The van der Waals surface area contributed by atoms with E-state index in [4.69, 9.17) is 23.7 Å². The van der Waals surface area contributed by atoms with Crippen molar-refractivity contribution in [3.05, 3.63) is 54.1 Å². The van der Waals surface area contributed by atoms with Gasteiger partial charge in [-0.1, -0.05) is 62.4 Å². The number of hydrogen-bond acceptors (Lipinski definition) is 13. The molecule has 0 unspecified atom stereocenters. The molecule has 2 heterocycles. The van der Waals surface area contributed by atoms with Crippen LogP contribution in [0.25, 0.3) is 11.1 Å². The van der Waals surface area contributed by atoms with Gasteiger partial charge in [-0.15, -0.1) is 0 Å². The summed E-state index contributed by atoms with van der Waals surface area (Å²) < 4.78 is 30.6. The summed E-state index contributed by atoms with van der Waals surface area (Å²) in [4.78, 5) is 24.2. The van der Waals surface area contributed by atoms with Crippen LogP contribution in [0.15, 0.2) is 48.5 Å². The molecular formula is C40H55NNaO14+. The van der Waals surface area contributed by atoms with E-state index in [1.165, 1.54) is 0 Å². The fourth-order valence-electron chi connectivity index (χ4n) is 8.34. The van der Waals surface area contributed by atoms with Gasteiger partial charge in [0.05, 0.1) is 36.5 Å². The van der Waals surface area contributed by atoms with E-state index < -0.39 is 98.2 Å². The average Bonchev–Trinajstić information content (AvgIpc) is 3.17. The second kappa shape index (κ2) is 20.7. The van der Waals surface area contributed by atoms with Crippen LogP contribution in [-0.2, 0) is 28.5 Å². The van der Waals surface area contributed by atoms with E-state index in [2.05, 4.69) is 5.32 Å². The molecular weight excluding hydrogens is 741 g/mol. The number of aromatic carboxylic acids is 1. The van der Waals surface area contributed by atoms with E-state index >= 15 is 0 Å². The molecule has 2 aliphatic carbocycles. The summed E-state index contributed by atoms with van der Waals surface area (Å²) in [6.45, 7) is 1.02. The number of aliphatic hydroxyl groups is 5. The van der Waals surface area contributed by atoms with Gasteiger partial charge in [-0.2, -0.15) is 0 Å². The number of carboxylic acids is 2. The molecule has 0 bridgehead atoms. The Morgan fingerprint density at radius 1 is 0.821 bits per heavy atom. The molecule has 2 aromatic rings. The molecule has 0 amide bonds. The van der Waals surface area contributed by atoms with Crippen molar-refractivity contribution < 1.29 is 98.6 Å². The quantitative estimate of drug-likeness (QED) is 0.117. The van der Waals surface area contributed by atoms with Crippen LogP contribution in [-0.4, -0.2) is 134 Å². The van der Waals surface area contributed by atoms with Gasteiger partial charge in [0.1, 0.15) is 36.6 Å². The third-order valence-corrected chi connectivity index (χ3v) is 11.5. The number of aliphatic hydroxyl groups excluding tert-OH is 5. The summed E-state index contributed by atoms with van der Waals surface area (Å²) in [5.41, 5.74) is 2.13. The number of carbonyl (C=O) groups is 2. The van der Waals surface area contributed by atoms with Gasteiger partial charge in [0.15, 0.2) is 18.7 Å². The summed E-state index contributed by atoms with van der Waals surface area (Å²) in [5, 5.41) is 77.3. The molecule has 0 aromatic heterocycles. The van der Waals surface area contributed by atoms with Gasteiger partial charge in [-0.3, -0.25) is 0 Å². The fourth-order valence-corrected chi connectivity index (χ4v) is 8.34. The molecule has 304 valence electrons. The number of hydrogen-bond donors (Lipinski definition) is 8. The topological polar surface area (TPSA) is 234 Å². The fraction of sp³-hybridized carbons (Fsp3) is 0.650. The average molecular weight is 797 g/mol. The third-order valence-electron chi connectivity index (χ3n) is 11.5. The number of carboxylic acid groups (broad SMARTS) is 2.